The fourth-order valence-electron chi connectivity index (χ4n) is 1.99. The highest BCUT2D eigenvalue weighted by molar-refractivity contribution is 8.01. The Morgan fingerprint density at radius 2 is 1.89 bits per heavy atom. The van der Waals surface area contributed by atoms with Gasteiger partial charge in [-0.2, -0.15) is 0 Å². The van der Waals surface area contributed by atoms with Crippen LogP contribution in [0.3, 0.4) is 0 Å². The Morgan fingerprint density at radius 1 is 1.16 bits per heavy atom. The minimum absolute atomic E-state index is 0.111. The van der Waals surface area contributed by atoms with Crippen LogP contribution in [0.4, 0.5) is 0 Å². The number of thiophene rings is 1. The third-order valence-electron chi connectivity index (χ3n) is 2.95. The maximum Gasteiger partial charge on any atom is 0.0599 e. The number of rotatable bonds is 6. The van der Waals surface area contributed by atoms with E-state index in [4.69, 9.17) is 5.73 Å². The summed E-state index contributed by atoms with van der Waals surface area (Å²) in [7, 11) is 0. The molecule has 0 aliphatic rings. The van der Waals surface area contributed by atoms with Gasteiger partial charge in [-0.3, -0.25) is 0 Å². The molecule has 1 nitrogen and oxygen atoms in total. The molecule has 102 valence electrons. The average molecular weight is 291 g/mol. The summed E-state index contributed by atoms with van der Waals surface area (Å²) in [5.74, 6) is 1.64. The van der Waals surface area contributed by atoms with E-state index >= 15 is 0 Å². The first-order valence-corrected chi connectivity index (χ1v) is 8.52. The van der Waals surface area contributed by atoms with Crippen LogP contribution >= 0.6 is 23.1 Å². The van der Waals surface area contributed by atoms with Gasteiger partial charge in [0.25, 0.3) is 0 Å². The zero-order valence-electron chi connectivity index (χ0n) is 11.5. The van der Waals surface area contributed by atoms with E-state index < -0.39 is 0 Å². The highest BCUT2D eigenvalue weighted by atomic mass is 32.2. The van der Waals surface area contributed by atoms with Gasteiger partial charge in [0.15, 0.2) is 0 Å². The summed E-state index contributed by atoms with van der Waals surface area (Å²) < 4.78 is 1.34. The van der Waals surface area contributed by atoms with Crippen LogP contribution in [-0.2, 0) is 6.42 Å². The quantitative estimate of drug-likeness (QED) is 0.778. The van der Waals surface area contributed by atoms with E-state index in [0.29, 0.717) is 5.92 Å². The summed E-state index contributed by atoms with van der Waals surface area (Å²) in [6.07, 6.45) is 1.14. The molecule has 0 aliphatic heterocycles. The van der Waals surface area contributed by atoms with Crippen LogP contribution in [0.1, 0.15) is 31.0 Å². The molecule has 2 aromatic rings. The molecule has 2 rings (SSSR count). The van der Waals surface area contributed by atoms with E-state index in [-0.39, 0.29) is 6.04 Å². The normalized spacial score (nSPS) is 12.8. The number of nitrogens with two attached hydrogens (primary N) is 1. The smallest absolute Gasteiger partial charge is 0.0599 e. The first-order chi connectivity index (χ1) is 9.15. The van der Waals surface area contributed by atoms with Gasteiger partial charge in [0.05, 0.1) is 4.21 Å². The molecule has 0 spiro atoms. The predicted octanol–water partition coefficient (Wildman–Crippen LogP) is 4.74. The van der Waals surface area contributed by atoms with Gasteiger partial charge in [-0.05, 0) is 34.9 Å². The van der Waals surface area contributed by atoms with Crippen LogP contribution in [0.5, 0.6) is 0 Å². The summed E-state index contributed by atoms with van der Waals surface area (Å²) in [6.45, 7) is 4.49. The van der Waals surface area contributed by atoms with Crippen LogP contribution in [0.2, 0.25) is 0 Å². The average Bonchev–Trinajstić information content (AvgIpc) is 2.89. The van der Waals surface area contributed by atoms with Gasteiger partial charge < -0.3 is 5.73 Å². The van der Waals surface area contributed by atoms with Crippen molar-refractivity contribution in [3.63, 3.8) is 0 Å². The zero-order chi connectivity index (χ0) is 13.7. The van der Waals surface area contributed by atoms with Gasteiger partial charge in [-0.15, -0.1) is 23.1 Å². The lowest BCUT2D eigenvalue weighted by Gasteiger charge is -2.12. The molecule has 0 amide bonds. The molecule has 0 bridgehead atoms. The van der Waals surface area contributed by atoms with Crippen molar-refractivity contribution in [3.05, 3.63) is 52.9 Å². The summed E-state index contributed by atoms with van der Waals surface area (Å²) >= 11 is 3.62. The molecule has 0 aliphatic carbocycles. The molecule has 1 aromatic heterocycles. The number of benzene rings is 1. The first-order valence-electron chi connectivity index (χ1n) is 6.66. The molecule has 0 radical (unpaired) electrons. The van der Waals surface area contributed by atoms with Gasteiger partial charge in [0, 0.05) is 11.8 Å². The molecule has 19 heavy (non-hydrogen) atoms. The van der Waals surface area contributed by atoms with Crippen molar-refractivity contribution in [2.45, 2.75) is 30.5 Å². The van der Waals surface area contributed by atoms with Gasteiger partial charge in [0.1, 0.15) is 0 Å². The van der Waals surface area contributed by atoms with Crippen LogP contribution in [0.15, 0.2) is 46.0 Å². The third-order valence-corrected chi connectivity index (χ3v) is 5.20. The Balaban J connectivity index is 1.90. The summed E-state index contributed by atoms with van der Waals surface area (Å²) in [5, 5.41) is 2.11. The fourth-order valence-corrected chi connectivity index (χ4v) is 3.79. The summed E-state index contributed by atoms with van der Waals surface area (Å²) in [5.41, 5.74) is 8.88. The topological polar surface area (TPSA) is 26.0 Å². The molecule has 3 heteroatoms. The SMILES string of the molecule is CC(C)Cc1ccc(C(N)CSc2cccs2)cc1. The monoisotopic (exact) mass is 291 g/mol. The van der Waals surface area contributed by atoms with E-state index in [2.05, 4.69) is 55.6 Å². The Bertz CT molecular complexity index is 474. The molecule has 1 aromatic carbocycles. The van der Waals surface area contributed by atoms with Crippen LogP contribution in [0.25, 0.3) is 0 Å². The Hall–Kier alpha value is -0.770. The minimum Gasteiger partial charge on any atom is -0.323 e. The molecular formula is C16H21NS2. The second-order valence-corrected chi connectivity index (χ2v) is 7.46. The molecule has 1 unspecified atom stereocenters. The lowest BCUT2D eigenvalue weighted by atomic mass is 10.0. The van der Waals surface area contributed by atoms with Gasteiger partial charge in [-0.25, -0.2) is 0 Å². The molecule has 1 heterocycles. The summed E-state index contributed by atoms with van der Waals surface area (Å²) in [6, 6.07) is 13.1. The maximum atomic E-state index is 6.25. The highest BCUT2D eigenvalue weighted by Gasteiger charge is 2.07. The van der Waals surface area contributed by atoms with Crippen molar-refractivity contribution < 1.29 is 0 Å². The maximum absolute atomic E-state index is 6.25. The van der Waals surface area contributed by atoms with E-state index in [1.807, 2.05) is 11.8 Å². The van der Waals surface area contributed by atoms with Crippen molar-refractivity contribution in [1.82, 2.24) is 0 Å². The van der Waals surface area contributed by atoms with E-state index in [1.165, 1.54) is 15.3 Å². The van der Waals surface area contributed by atoms with E-state index in [0.717, 1.165) is 12.2 Å². The van der Waals surface area contributed by atoms with Crippen molar-refractivity contribution in [2.24, 2.45) is 11.7 Å². The first kappa shape index (κ1) is 14.6. The van der Waals surface area contributed by atoms with Crippen LogP contribution < -0.4 is 5.73 Å². The standard InChI is InChI=1S/C16H21NS2/c1-12(2)10-13-5-7-14(8-6-13)15(17)11-19-16-4-3-9-18-16/h3-9,12,15H,10-11,17H2,1-2H3. The third kappa shape index (κ3) is 4.68. The second-order valence-electron chi connectivity index (χ2n) is 5.19. The fraction of sp³-hybridized carbons (Fsp3) is 0.375. The number of hydrogen-bond acceptors (Lipinski definition) is 3. The molecule has 0 saturated heterocycles. The molecule has 1 atom stereocenters. The Morgan fingerprint density at radius 3 is 2.47 bits per heavy atom. The molecule has 2 N–H and O–H groups in total. The zero-order valence-corrected chi connectivity index (χ0v) is 13.1. The van der Waals surface area contributed by atoms with Crippen molar-refractivity contribution >= 4 is 23.1 Å². The molecular weight excluding hydrogens is 270 g/mol. The minimum atomic E-state index is 0.111. The van der Waals surface area contributed by atoms with Crippen molar-refractivity contribution in [2.75, 3.05) is 5.75 Å². The van der Waals surface area contributed by atoms with Gasteiger partial charge in [-0.1, -0.05) is 44.2 Å². The van der Waals surface area contributed by atoms with Crippen LogP contribution in [0, 0.1) is 5.92 Å². The lowest BCUT2D eigenvalue weighted by Crippen LogP contribution is -2.12. The van der Waals surface area contributed by atoms with Crippen molar-refractivity contribution in [3.8, 4) is 0 Å². The number of thioether (sulfide) groups is 1. The second kappa shape index (κ2) is 7.13. The van der Waals surface area contributed by atoms with Gasteiger partial charge >= 0.3 is 0 Å². The highest BCUT2D eigenvalue weighted by Crippen LogP contribution is 2.27. The molecule has 0 fully saturated rings. The predicted molar refractivity (Wildman–Crippen MR) is 87.0 cm³/mol. The Kier molecular flexibility index (Phi) is 5.49. The van der Waals surface area contributed by atoms with E-state index in [1.54, 1.807) is 11.3 Å². The summed E-state index contributed by atoms with van der Waals surface area (Å²) in [4.78, 5) is 0. The number of hydrogen-bond donors (Lipinski definition) is 1. The molecule has 0 saturated carbocycles. The van der Waals surface area contributed by atoms with E-state index in [9.17, 15) is 0 Å². The lowest BCUT2D eigenvalue weighted by molar-refractivity contribution is 0.647. The largest absolute Gasteiger partial charge is 0.323 e. The van der Waals surface area contributed by atoms with Crippen molar-refractivity contribution in [1.29, 1.82) is 0 Å². The Labute approximate surface area is 124 Å². The van der Waals surface area contributed by atoms with Gasteiger partial charge in [0.2, 0.25) is 0 Å². The van der Waals surface area contributed by atoms with Crippen LogP contribution in [-0.4, -0.2) is 5.75 Å².